The van der Waals surface area contributed by atoms with Crippen LogP contribution >= 0.6 is 0 Å². The Kier molecular flexibility index (Phi) is 3.03. The molecule has 0 aromatic rings. The highest BCUT2D eigenvalue weighted by molar-refractivity contribution is 5.32. The lowest BCUT2D eigenvalue weighted by Gasteiger charge is -2.20. The summed E-state index contributed by atoms with van der Waals surface area (Å²) in [6.07, 6.45) is 19.6. The molecule has 0 radical (unpaired) electrons. The quantitative estimate of drug-likeness (QED) is 0.610. The van der Waals surface area contributed by atoms with Crippen molar-refractivity contribution in [3.05, 3.63) is 48.1 Å². The predicted molar refractivity (Wildman–Crippen MR) is 62.0 cm³/mol. The van der Waals surface area contributed by atoms with Crippen LogP contribution in [-0.2, 0) is 0 Å². The fourth-order valence-corrected chi connectivity index (χ4v) is 2.09. The molecule has 2 rings (SSSR count). The zero-order chi connectivity index (χ0) is 9.80. The van der Waals surface area contributed by atoms with E-state index in [1.54, 1.807) is 0 Å². The van der Waals surface area contributed by atoms with E-state index < -0.39 is 0 Å². The maximum Gasteiger partial charge on any atom is 0.00524 e. The predicted octanol–water partition coefficient (Wildman–Crippen LogP) is 4.03. The van der Waals surface area contributed by atoms with Crippen LogP contribution in [0.5, 0.6) is 0 Å². The van der Waals surface area contributed by atoms with E-state index in [0.717, 1.165) is 5.92 Å². The van der Waals surface area contributed by atoms with Gasteiger partial charge in [0.05, 0.1) is 0 Å². The first kappa shape index (κ1) is 9.51. The number of hydrogen-bond acceptors (Lipinski definition) is 0. The Hall–Kier alpha value is -1.04. The van der Waals surface area contributed by atoms with Crippen LogP contribution in [0.4, 0.5) is 0 Å². The molecule has 0 saturated heterocycles. The molecule has 0 fully saturated rings. The van der Waals surface area contributed by atoms with Crippen LogP contribution < -0.4 is 0 Å². The molecule has 0 N–H and O–H groups in total. The summed E-state index contributed by atoms with van der Waals surface area (Å²) in [7, 11) is 0. The van der Waals surface area contributed by atoms with E-state index in [1.165, 1.54) is 24.8 Å². The summed E-state index contributed by atoms with van der Waals surface area (Å²) in [5.41, 5.74) is 1.51. The van der Waals surface area contributed by atoms with Gasteiger partial charge < -0.3 is 0 Å². The monoisotopic (exact) mass is 186 g/mol. The van der Waals surface area contributed by atoms with Crippen molar-refractivity contribution in [1.82, 2.24) is 0 Å². The number of hydrogen-bond donors (Lipinski definition) is 0. The zero-order valence-corrected chi connectivity index (χ0v) is 8.82. The van der Waals surface area contributed by atoms with Gasteiger partial charge in [-0.05, 0) is 30.8 Å². The Bertz CT molecular complexity index is 302. The third-order valence-electron chi connectivity index (χ3n) is 3.15. The van der Waals surface area contributed by atoms with Crippen molar-refractivity contribution in [2.75, 3.05) is 0 Å². The second-order valence-corrected chi connectivity index (χ2v) is 4.12. The molecule has 2 atom stereocenters. The molecule has 2 aliphatic carbocycles. The van der Waals surface area contributed by atoms with Gasteiger partial charge in [-0.2, -0.15) is 0 Å². The van der Waals surface area contributed by atoms with E-state index in [2.05, 4.69) is 49.5 Å². The summed E-state index contributed by atoms with van der Waals surface area (Å²) >= 11 is 0. The Morgan fingerprint density at radius 1 is 1.21 bits per heavy atom. The highest BCUT2D eigenvalue weighted by Gasteiger charge is 2.13. The molecule has 0 aromatic heterocycles. The summed E-state index contributed by atoms with van der Waals surface area (Å²) in [6, 6.07) is 0. The lowest BCUT2D eigenvalue weighted by atomic mass is 9.85. The van der Waals surface area contributed by atoms with Crippen molar-refractivity contribution in [1.29, 1.82) is 0 Å². The van der Waals surface area contributed by atoms with E-state index in [9.17, 15) is 0 Å². The summed E-state index contributed by atoms with van der Waals surface area (Å²) in [4.78, 5) is 0. The third kappa shape index (κ3) is 2.06. The van der Waals surface area contributed by atoms with Crippen LogP contribution in [0.15, 0.2) is 48.1 Å². The van der Waals surface area contributed by atoms with Gasteiger partial charge >= 0.3 is 0 Å². The van der Waals surface area contributed by atoms with E-state index in [0.29, 0.717) is 5.92 Å². The number of rotatable bonds is 2. The second kappa shape index (κ2) is 4.45. The Morgan fingerprint density at radius 2 is 2.14 bits per heavy atom. The van der Waals surface area contributed by atoms with E-state index in [4.69, 9.17) is 0 Å². The minimum Gasteiger partial charge on any atom is -0.0836 e. The molecule has 0 aliphatic heterocycles. The van der Waals surface area contributed by atoms with Gasteiger partial charge in [0.1, 0.15) is 0 Å². The highest BCUT2D eigenvalue weighted by Crippen LogP contribution is 2.27. The summed E-state index contributed by atoms with van der Waals surface area (Å²) in [6.45, 7) is 2.26. The minimum atomic E-state index is 0.633. The Labute approximate surface area is 86.7 Å². The first-order chi connectivity index (χ1) is 6.90. The Balaban J connectivity index is 2.00. The Morgan fingerprint density at radius 3 is 2.71 bits per heavy atom. The minimum absolute atomic E-state index is 0.633. The van der Waals surface area contributed by atoms with Crippen molar-refractivity contribution in [3.8, 4) is 0 Å². The van der Waals surface area contributed by atoms with Crippen molar-refractivity contribution in [2.45, 2.75) is 26.2 Å². The van der Waals surface area contributed by atoms with Gasteiger partial charge in [0.2, 0.25) is 0 Å². The molecule has 0 nitrogen and oxygen atoms in total. The normalized spacial score (nSPS) is 30.5. The van der Waals surface area contributed by atoms with Crippen molar-refractivity contribution < 1.29 is 0 Å². The van der Waals surface area contributed by atoms with E-state index in [1.807, 2.05) is 0 Å². The van der Waals surface area contributed by atoms with Crippen LogP contribution in [0.2, 0.25) is 0 Å². The first-order valence-corrected chi connectivity index (χ1v) is 5.61. The van der Waals surface area contributed by atoms with Gasteiger partial charge in [-0.25, -0.2) is 0 Å². The summed E-state index contributed by atoms with van der Waals surface area (Å²) < 4.78 is 0. The molecule has 0 aromatic carbocycles. The van der Waals surface area contributed by atoms with Crippen molar-refractivity contribution >= 4 is 0 Å². The molecule has 2 unspecified atom stereocenters. The van der Waals surface area contributed by atoms with Crippen LogP contribution in [0.1, 0.15) is 26.2 Å². The van der Waals surface area contributed by atoms with Crippen LogP contribution in [0.25, 0.3) is 0 Å². The largest absolute Gasteiger partial charge is 0.0836 e. The fourth-order valence-electron chi connectivity index (χ4n) is 2.09. The summed E-state index contributed by atoms with van der Waals surface area (Å²) in [5.74, 6) is 1.41. The molecule has 0 amide bonds. The molecule has 2 aliphatic rings. The molecule has 0 heterocycles. The molecule has 0 bridgehead atoms. The van der Waals surface area contributed by atoms with Gasteiger partial charge in [-0.3, -0.25) is 0 Å². The smallest absolute Gasteiger partial charge is 0.00524 e. The SMILES string of the molecule is CCC1C=CC(C2C=CC=CC2)=CC1. The van der Waals surface area contributed by atoms with E-state index >= 15 is 0 Å². The molecular weight excluding hydrogens is 168 g/mol. The molecular formula is C14H18. The maximum atomic E-state index is 2.42. The average molecular weight is 186 g/mol. The lowest BCUT2D eigenvalue weighted by Crippen LogP contribution is -2.05. The van der Waals surface area contributed by atoms with Gasteiger partial charge in [-0.1, -0.05) is 49.5 Å². The van der Waals surface area contributed by atoms with Crippen LogP contribution in [-0.4, -0.2) is 0 Å². The average Bonchev–Trinajstić information content (AvgIpc) is 2.30. The first-order valence-electron chi connectivity index (χ1n) is 5.61. The topological polar surface area (TPSA) is 0 Å². The molecule has 74 valence electrons. The fraction of sp³-hybridized carbons (Fsp3) is 0.429. The molecule has 0 saturated carbocycles. The number of allylic oxidation sites excluding steroid dienone is 8. The summed E-state index contributed by atoms with van der Waals surface area (Å²) in [5, 5.41) is 0. The van der Waals surface area contributed by atoms with Crippen LogP contribution in [0.3, 0.4) is 0 Å². The maximum absolute atomic E-state index is 2.42. The zero-order valence-electron chi connectivity index (χ0n) is 8.82. The highest BCUT2D eigenvalue weighted by atomic mass is 14.2. The molecule has 0 spiro atoms. The van der Waals surface area contributed by atoms with Gasteiger partial charge in [0.25, 0.3) is 0 Å². The van der Waals surface area contributed by atoms with Crippen molar-refractivity contribution in [3.63, 3.8) is 0 Å². The molecule has 0 heteroatoms. The second-order valence-electron chi connectivity index (χ2n) is 4.12. The standard InChI is InChI=1S/C14H18/c1-2-12-8-10-14(11-9-12)13-6-4-3-5-7-13/h3-6,8,10-13H,2,7,9H2,1H3. The third-order valence-corrected chi connectivity index (χ3v) is 3.15. The molecule has 14 heavy (non-hydrogen) atoms. The lowest BCUT2D eigenvalue weighted by molar-refractivity contribution is 0.619. The van der Waals surface area contributed by atoms with Gasteiger partial charge in [0.15, 0.2) is 0 Å². The van der Waals surface area contributed by atoms with E-state index in [-0.39, 0.29) is 0 Å². The van der Waals surface area contributed by atoms with Crippen molar-refractivity contribution in [2.24, 2.45) is 11.8 Å². The van der Waals surface area contributed by atoms with Crippen LogP contribution in [0, 0.1) is 11.8 Å². The van der Waals surface area contributed by atoms with Gasteiger partial charge in [0, 0.05) is 5.92 Å². The van der Waals surface area contributed by atoms with Gasteiger partial charge in [-0.15, -0.1) is 0 Å².